The predicted octanol–water partition coefficient (Wildman–Crippen LogP) is 1.62. The first kappa shape index (κ1) is 14.5. The van der Waals surface area contributed by atoms with Crippen molar-refractivity contribution in [2.45, 2.75) is 33.4 Å². The number of hydrogen-bond donors (Lipinski definition) is 2. The smallest absolute Gasteiger partial charge is 0.260 e. The lowest BCUT2D eigenvalue weighted by Gasteiger charge is -2.17. The molecule has 1 aromatic rings. The molecule has 4 heteroatoms. The molecule has 0 aromatic heterocycles. The largest absolute Gasteiger partial charge is 0.481 e. The van der Waals surface area contributed by atoms with Gasteiger partial charge in [-0.3, -0.25) is 4.79 Å². The number of benzene rings is 1. The van der Waals surface area contributed by atoms with Crippen LogP contribution in [0.4, 0.5) is 0 Å². The third-order valence-electron chi connectivity index (χ3n) is 2.61. The summed E-state index contributed by atoms with van der Waals surface area (Å²) >= 11 is 0. The van der Waals surface area contributed by atoms with Gasteiger partial charge in [0.05, 0.1) is 0 Å². The number of ether oxygens (including phenoxy) is 1. The predicted molar refractivity (Wildman–Crippen MR) is 72.7 cm³/mol. The Balaban J connectivity index is 2.79. The monoisotopic (exact) mass is 250 g/mol. The maximum absolute atomic E-state index is 11.6. The lowest BCUT2D eigenvalue weighted by Crippen LogP contribution is -2.36. The van der Waals surface area contributed by atoms with Crippen molar-refractivity contribution in [1.29, 1.82) is 0 Å². The highest BCUT2D eigenvalue weighted by atomic mass is 16.5. The van der Waals surface area contributed by atoms with Crippen LogP contribution < -0.4 is 15.4 Å². The van der Waals surface area contributed by atoms with E-state index in [2.05, 4.69) is 16.7 Å². The molecule has 1 unspecified atom stereocenters. The minimum atomic E-state index is -0.483. The van der Waals surface area contributed by atoms with E-state index in [-0.39, 0.29) is 5.91 Å². The van der Waals surface area contributed by atoms with Gasteiger partial charge in [0.1, 0.15) is 5.75 Å². The van der Waals surface area contributed by atoms with E-state index >= 15 is 0 Å². The third kappa shape index (κ3) is 4.04. The van der Waals surface area contributed by atoms with Gasteiger partial charge in [-0.15, -0.1) is 0 Å². The summed E-state index contributed by atoms with van der Waals surface area (Å²) in [6.45, 7) is 7.02. The van der Waals surface area contributed by atoms with Crippen LogP contribution in [0.25, 0.3) is 0 Å². The van der Waals surface area contributed by atoms with E-state index in [0.29, 0.717) is 6.54 Å². The zero-order chi connectivity index (χ0) is 13.5. The second-order valence-corrected chi connectivity index (χ2v) is 4.30. The van der Waals surface area contributed by atoms with Crippen LogP contribution in [0.2, 0.25) is 0 Å². The Kier molecular flexibility index (Phi) is 5.65. The van der Waals surface area contributed by atoms with Crippen LogP contribution in [0, 0.1) is 6.92 Å². The van der Waals surface area contributed by atoms with Crippen LogP contribution in [0.15, 0.2) is 18.2 Å². The first-order chi connectivity index (χ1) is 8.58. The number of nitrogens with one attached hydrogen (secondary N) is 2. The Bertz CT molecular complexity index is 405. The Morgan fingerprint density at radius 1 is 1.44 bits per heavy atom. The first-order valence-electron chi connectivity index (χ1n) is 6.27. The minimum Gasteiger partial charge on any atom is -0.481 e. The molecule has 0 aliphatic rings. The van der Waals surface area contributed by atoms with Crippen molar-refractivity contribution in [2.75, 3.05) is 13.6 Å². The van der Waals surface area contributed by atoms with Crippen molar-refractivity contribution in [3.8, 4) is 5.75 Å². The molecule has 0 radical (unpaired) electrons. The number of likely N-dealkylation sites (N-methyl/N-ethyl adjacent to an activating group) is 1. The van der Waals surface area contributed by atoms with Gasteiger partial charge in [0, 0.05) is 18.7 Å². The van der Waals surface area contributed by atoms with Crippen LogP contribution in [-0.4, -0.2) is 25.6 Å². The van der Waals surface area contributed by atoms with Crippen molar-refractivity contribution in [3.63, 3.8) is 0 Å². The van der Waals surface area contributed by atoms with E-state index in [0.717, 1.165) is 17.9 Å². The molecule has 0 saturated heterocycles. The number of amides is 1. The van der Waals surface area contributed by atoms with Crippen LogP contribution in [0.5, 0.6) is 5.75 Å². The average Bonchev–Trinajstić information content (AvgIpc) is 2.33. The molecule has 0 bridgehead atoms. The highest BCUT2D eigenvalue weighted by Crippen LogP contribution is 2.21. The molecule has 1 rings (SSSR count). The molecule has 0 spiro atoms. The molecule has 0 fully saturated rings. The summed E-state index contributed by atoms with van der Waals surface area (Å²) in [6.07, 6.45) is -0.483. The second-order valence-electron chi connectivity index (χ2n) is 4.30. The van der Waals surface area contributed by atoms with Crippen molar-refractivity contribution in [1.82, 2.24) is 10.6 Å². The SMILES string of the molecule is CCNC(=O)C(C)Oc1ccc(C)cc1CNC. The second kappa shape index (κ2) is 7.01. The Morgan fingerprint density at radius 2 is 2.17 bits per heavy atom. The zero-order valence-corrected chi connectivity index (χ0v) is 11.5. The first-order valence-corrected chi connectivity index (χ1v) is 6.27. The van der Waals surface area contributed by atoms with Crippen LogP contribution >= 0.6 is 0 Å². The molecule has 0 heterocycles. The van der Waals surface area contributed by atoms with Gasteiger partial charge >= 0.3 is 0 Å². The maximum atomic E-state index is 11.6. The van der Waals surface area contributed by atoms with Gasteiger partial charge < -0.3 is 15.4 Å². The van der Waals surface area contributed by atoms with E-state index in [4.69, 9.17) is 4.74 Å². The normalized spacial score (nSPS) is 12.0. The fourth-order valence-electron chi connectivity index (χ4n) is 1.71. The molecule has 100 valence electrons. The van der Waals surface area contributed by atoms with E-state index < -0.39 is 6.10 Å². The van der Waals surface area contributed by atoms with Gasteiger partial charge in [-0.05, 0) is 33.9 Å². The standard InChI is InChI=1S/C14H22N2O2/c1-5-16-14(17)11(3)18-13-7-6-10(2)8-12(13)9-15-4/h6-8,11,15H,5,9H2,1-4H3,(H,16,17). The fourth-order valence-corrected chi connectivity index (χ4v) is 1.71. The highest BCUT2D eigenvalue weighted by Gasteiger charge is 2.15. The molecular formula is C14H22N2O2. The summed E-state index contributed by atoms with van der Waals surface area (Å²) in [5.41, 5.74) is 2.24. The lowest BCUT2D eigenvalue weighted by atomic mass is 10.1. The number of aryl methyl sites for hydroxylation is 1. The maximum Gasteiger partial charge on any atom is 0.260 e. The molecule has 0 aliphatic carbocycles. The quantitative estimate of drug-likeness (QED) is 0.806. The van der Waals surface area contributed by atoms with E-state index in [1.165, 1.54) is 5.56 Å². The molecule has 1 atom stereocenters. The molecule has 2 N–H and O–H groups in total. The number of carbonyl (C=O) groups is 1. The Morgan fingerprint density at radius 3 is 2.78 bits per heavy atom. The molecule has 1 amide bonds. The van der Waals surface area contributed by atoms with Gasteiger partial charge in [-0.2, -0.15) is 0 Å². The zero-order valence-electron chi connectivity index (χ0n) is 11.5. The lowest BCUT2D eigenvalue weighted by molar-refractivity contribution is -0.127. The highest BCUT2D eigenvalue weighted by molar-refractivity contribution is 5.80. The molecule has 1 aromatic carbocycles. The van der Waals surface area contributed by atoms with E-state index in [9.17, 15) is 4.79 Å². The average molecular weight is 250 g/mol. The van der Waals surface area contributed by atoms with Gasteiger partial charge in [-0.25, -0.2) is 0 Å². The van der Waals surface area contributed by atoms with E-state index in [1.807, 2.05) is 33.0 Å². The van der Waals surface area contributed by atoms with Crippen molar-refractivity contribution in [2.24, 2.45) is 0 Å². The van der Waals surface area contributed by atoms with Crippen molar-refractivity contribution < 1.29 is 9.53 Å². The molecule has 18 heavy (non-hydrogen) atoms. The van der Waals surface area contributed by atoms with Gasteiger partial charge in [0.15, 0.2) is 6.10 Å². The number of carbonyl (C=O) groups excluding carboxylic acids is 1. The van der Waals surface area contributed by atoms with Crippen LogP contribution in [-0.2, 0) is 11.3 Å². The summed E-state index contributed by atoms with van der Waals surface area (Å²) in [7, 11) is 1.89. The molecular weight excluding hydrogens is 228 g/mol. The summed E-state index contributed by atoms with van der Waals surface area (Å²) in [6, 6.07) is 5.97. The van der Waals surface area contributed by atoms with Crippen LogP contribution in [0.3, 0.4) is 0 Å². The van der Waals surface area contributed by atoms with Crippen molar-refractivity contribution in [3.05, 3.63) is 29.3 Å². The topological polar surface area (TPSA) is 50.4 Å². The van der Waals surface area contributed by atoms with Gasteiger partial charge in [0.25, 0.3) is 5.91 Å². The fraction of sp³-hybridized carbons (Fsp3) is 0.500. The molecule has 0 aliphatic heterocycles. The summed E-state index contributed by atoms with van der Waals surface area (Å²) < 4.78 is 5.72. The van der Waals surface area contributed by atoms with Gasteiger partial charge in [-0.1, -0.05) is 17.7 Å². The number of rotatable bonds is 6. The summed E-state index contributed by atoms with van der Waals surface area (Å²) in [5, 5.41) is 5.85. The van der Waals surface area contributed by atoms with Gasteiger partial charge in [0.2, 0.25) is 0 Å². The Hall–Kier alpha value is -1.55. The number of hydrogen-bond acceptors (Lipinski definition) is 3. The molecule has 0 saturated carbocycles. The summed E-state index contributed by atoms with van der Waals surface area (Å²) in [5.74, 6) is 0.669. The summed E-state index contributed by atoms with van der Waals surface area (Å²) in [4.78, 5) is 11.6. The molecule has 4 nitrogen and oxygen atoms in total. The Labute approximate surface area is 109 Å². The van der Waals surface area contributed by atoms with Crippen LogP contribution in [0.1, 0.15) is 25.0 Å². The third-order valence-corrected chi connectivity index (χ3v) is 2.61. The van der Waals surface area contributed by atoms with E-state index in [1.54, 1.807) is 6.92 Å². The van der Waals surface area contributed by atoms with Crippen molar-refractivity contribution >= 4 is 5.91 Å². The minimum absolute atomic E-state index is 0.0894.